The SMILES string of the molecule is CC(C)C(=O)Nc1ccc(CC2CCNCC2)cc1. The van der Waals surface area contributed by atoms with Crippen LogP contribution in [0.1, 0.15) is 32.3 Å². The lowest BCUT2D eigenvalue weighted by atomic mass is 9.91. The van der Waals surface area contributed by atoms with Gasteiger partial charge in [0.05, 0.1) is 0 Å². The highest BCUT2D eigenvalue weighted by Crippen LogP contribution is 2.19. The number of anilines is 1. The van der Waals surface area contributed by atoms with Crippen molar-refractivity contribution < 1.29 is 4.79 Å². The molecule has 0 aliphatic carbocycles. The summed E-state index contributed by atoms with van der Waals surface area (Å²) >= 11 is 0. The number of carbonyl (C=O) groups is 1. The Morgan fingerprint density at radius 1 is 1.26 bits per heavy atom. The van der Waals surface area contributed by atoms with Crippen molar-refractivity contribution in [3.05, 3.63) is 29.8 Å². The summed E-state index contributed by atoms with van der Waals surface area (Å²) < 4.78 is 0. The maximum absolute atomic E-state index is 11.6. The second kappa shape index (κ2) is 6.71. The first-order valence-corrected chi connectivity index (χ1v) is 7.25. The first-order valence-electron chi connectivity index (χ1n) is 7.25. The lowest BCUT2D eigenvalue weighted by Gasteiger charge is -2.22. The van der Waals surface area contributed by atoms with Crippen LogP contribution in [0.15, 0.2) is 24.3 Å². The highest BCUT2D eigenvalue weighted by molar-refractivity contribution is 5.91. The quantitative estimate of drug-likeness (QED) is 0.874. The lowest BCUT2D eigenvalue weighted by molar-refractivity contribution is -0.118. The molecule has 1 aliphatic rings. The minimum absolute atomic E-state index is 0.0226. The summed E-state index contributed by atoms with van der Waals surface area (Å²) in [5, 5.41) is 6.32. The molecule has 104 valence electrons. The van der Waals surface area contributed by atoms with Gasteiger partial charge < -0.3 is 10.6 Å². The van der Waals surface area contributed by atoms with E-state index in [1.807, 2.05) is 26.0 Å². The largest absolute Gasteiger partial charge is 0.326 e. The predicted octanol–water partition coefficient (Wildman–Crippen LogP) is 2.82. The molecular weight excluding hydrogens is 236 g/mol. The van der Waals surface area contributed by atoms with Gasteiger partial charge in [-0.05, 0) is 56.0 Å². The van der Waals surface area contributed by atoms with E-state index >= 15 is 0 Å². The van der Waals surface area contributed by atoms with E-state index in [0.29, 0.717) is 0 Å². The van der Waals surface area contributed by atoms with Crippen molar-refractivity contribution in [1.82, 2.24) is 5.32 Å². The molecule has 0 spiro atoms. The fourth-order valence-electron chi connectivity index (χ4n) is 2.43. The maximum Gasteiger partial charge on any atom is 0.226 e. The third-order valence-electron chi connectivity index (χ3n) is 3.73. The number of nitrogens with one attached hydrogen (secondary N) is 2. The standard InChI is InChI=1S/C16H24N2O/c1-12(2)16(19)18-15-5-3-13(4-6-15)11-14-7-9-17-10-8-14/h3-6,12,14,17H,7-11H2,1-2H3,(H,18,19). The van der Waals surface area contributed by atoms with E-state index < -0.39 is 0 Å². The summed E-state index contributed by atoms with van der Waals surface area (Å²) in [5.74, 6) is 0.901. The van der Waals surface area contributed by atoms with Crippen LogP contribution >= 0.6 is 0 Å². The van der Waals surface area contributed by atoms with Crippen molar-refractivity contribution in [1.29, 1.82) is 0 Å². The van der Waals surface area contributed by atoms with Crippen LogP contribution in [0.4, 0.5) is 5.69 Å². The normalized spacial score (nSPS) is 16.6. The van der Waals surface area contributed by atoms with Gasteiger partial charge in [-0.3, -0.25) is 4.79 Å². The zero-order valence-electron chi connectivity index (χ0n) is 11.9. The van der Waals surface area contributed by atoms with E-state index in [1.54, 1.807) is 0 Å². The number of amides is 1. The highest BCUT2D eigenvalue weighted by Gasteiger charge is 2.13. The summed E-state index contributed by atoms with van der Waals surface area (Å²) in [6.45, 7) is 6.10. The number of benzene rings is 1. The fraction of sp³-hybridized carbons (Fsp3) is 0.562. The molecule has 2 N–H and O–H groups in total. The zero-order valence-corrected chi connectivity index (χ0v) is 11.9. The van der Waals surface area contributed by atoms with Crippen LogP contribution in [-0.4, -0.2) is 19.0 Å². The molecule has 1 aromatic carbocycles. The molecule has 0 aromatic heterocycles. The van der Waals surface area contributed by atoms with Gasteiger partial charge in [-0.2, -0.15) is 0 Å². The van der Waals surface area contributed by atoms with Crippen LogP contribution in [0.2, 0.25) is 0 Å². The van der Waals surface area contributed by atoms with Gasteiger partial charge in [0.1, 0.15) is 0 Å². The van der Waals surface area contributed by atoms with Gasteiger partial charge in [0.25, 0.3) is 0 Å². The Morgan fingerprint density at radius 3 is 2.47 bits per heavy atom. The van der Waals surface area contributed by atoms with E-state index in [4.69, 9.17) is 0 Å². The molecule has 0 radical (unpaired) electrons. The third kappa shape index (κ3) is 4.35. The minimum Gasteiger partial charge on any atom is -0.326 e. The summed E-state index contributed by atoms with van der Waals surface area (Å²) in [4.78, 5) is 11.6. The predicted molar refractivity (Wildman–Crippen MR) is 79.2 cm³/mol. The Bertz CT molecular complexity index is 405. The zero-order chi connectivity index (χ0) is 13.7. The Kier molecular flexibility index (Phi) is 4.97. The summed E-state index contributed by atoms with van der Waals surface area (Å²) in [6.07, 6.45) is 3.69. The van der Waals surface area contributed by atoms with Crippen molar-refractivity contribution in [3.8, 4) is 0 Å². The van der Waals surface area contributed by atoms with Crippen LogP contribution in [0, 0.1) is 11.8 Å². The Labute approximate surface area is 115 Å². The van der Waals surface area contributed by atoms with E-state index in [-0.39, 0.29) is 11.8 Å². The Morgan fingerprint density at radius 2 is 1.89 bits per heavy atom. The van der Waals surface area contributed by atoms with Crippen LogP contribution in [0.25, 0.3) is 0 Å². The molecule has 3 heteroatoms. The summed E-state index contributed by atoms with van der Waals surface area (Å²) in [7, 11) is 0. The smallest absolute Gasteiger partial charge is 0.226 e. The molecule has 1 heterocycles. The van der Waals surface area contributed by atoms with Crippen molar-refractivity contribution in [2.75, 3.05) is 18.4 Å². The third-order valence-corrected chi connectivity index (χ3v) is 3.73. The summed E-state index contributed by atoms with van der Waals surface area (Å²) in [5.41, 5.74) is 2.27. The van der Waals surface area contributed by atoms with Crippen LogP contribution in [-0.2, 0) is 11.2 Å². The second-order valence-corrected chi connectivity index (χ2v) is 5.74. The van der Waals surface area contributed by atoms with Crippen molar-refractivity contribution >= 4 is 11.6 Å². The molecule has 1 aliphatic heterocycles. The molecule has 1 aromatic rings. The van der Waals surface area contributed by atoms with E-state index in [9.17, 15) is 4.79 Å². The number of hydrogen-bond acceptors (Lipinski definition) is 2. The molecule has 1 saturated heterocycles. The molecule has 0 bridgehead atoms. The van der Waals surface area contributed by atoms with Crippen LogP contribution in [0.3, 0.4) is 0 Å². The van der Waals surface area contributed by atoms with Crippen LogP contribution in [0.5, 0.6) is 0 Å². The minimum atomic E-state index is 0.0226. The molecule has 1 amide bonds. The van der Waals surface area contributed by atoms with Gasteiger partial charge >= 0.3 is 0 Å². The number of carbonyl (C=O) groups excluding carboxylic acids is 1. The molecule has 0 unspecified atom stereocenters. The number of hydrogen-bond donors (Lipinski definition) is 2. The van der Waals surface area contributed by atoms with E-state index in [1.165, 1.54) is 18.4 Å². The van der Waals surface area contributed by atoms with E-state index in [2.05, 4.69) is 22.8 Å². The molecule has 3 nitrogen and oxygen atoms in total. The fourth-order valence-corrected chi connectivity index (χ4v) is 2.43. The molecule has 0 atom stereocenters. The average Bonchev–Trinajstić information content (AvgIpc) is 2.42. The first-order chi connectivity index (χ1) is 9.15. The molecule has 19 heavy (non-hydrogen) atoms. The monoisotopic (exact) mass is 260 g/mol. The van der Waals surface area contributed by atoms with Crippen molar-refractivity contribution in [2.45, 2.75) is 33.1 Å². The topological polar surface area (TPSA) is 41.1 Å². The van der Waals surface area contributed by atoms with Gasteiger partial charge in [0.2, 0.25) is 5.91 Å². The maximum atomic E-state index is 11.6. The number of piperidine rings is 1. The average molecular weight is 260 g/mol. The van der Waals surface area contributed by atoms with Crippen LogP contribution < -0.4 is 10.6 Å². The van der Waals surface area contributed by atoms with Crippen molar-refractivity contribution in [2.24, 2.45) is 11.8 Å². The Hall–Kier alpha value is -1.35. The highest BCUT2D eigenvalue weighted by atomic mass is 16.1. The second-order valence-electron chi connectivity index (χ2n) is 5.74. The van der Waals surface area contributed by atoms with Gasteiger partial charge in [0, 0.05) is 11.6 Å². The van der Waals surface area contributed by atoms with Gasteiger partial charge in [-0.15, -0.1) is 0 Å². The van der Waals surface area contributed by atoms with Gasteiger partial charge in [-0.25, -0.2) is 0 Å². The summed E-state index contributed by atoms with van der Waals surface area (Å²) in [6, 6.07) is 8.29. The van der Waals surface area contributed by atoms with Gasteiger partial charge in [-0.1, -0.05) is 26.0 Å². The van der Waals surface area contributed by atoms with Crippen molar-refractivity contribution in [3.63, 3.8) is 0 Å². The van der Waals surface area contributed by atoms with E-state index in [0.717, 1.165) is 31.1 Å². The molecular formula is C16H24N2O. The Balaban J connectivity index is 1.88. The first kappa shape index (κ1) is 14.1. The molecule has 0 saturated carbocycles. The lowest BCUT2D eigenvalue weighted by Crippen LogP contribution is -2.28. The van der Waals surface area contributed by atoms with Gasteiger partial charge in [0.15, 0.2) is 0 Å². The molecule has 1 fully saturated rings. The number of rotatable bonds is 4. The molecule has 2 rings (SSSR count).